The van der Waals surface area contributed by atoms with Gasteiger partial charge in [0.1, 0.15) is 5.82 Å². The second-order valence-electron chi connectivity index (χ2n) is 6.37. The van der Waals surface area contributed by atoms with Crippen LogP contribution < -0.4 is 5.32 Å². The molecule has 0 spiro atoms. The first kappa shape index (κ1) is 17.2. The van der Waals surface area contributed by atoms with E-state index in [1.165, 1.54) is 17.7 Å². The van der Waals surface area contributed by atoms with Crippen LogP contribution in [-0.2, 0) is 6.54 Å². The molecule has 1 aromatic carbocycles. The Hall–Kier alpha value is -2.60. The fourth-order valence-corrected chi connectivity index (χ4v) is 2.65. The standard InChI is InChI=1S/C19H21FN4O/c1-13(2)11-17(14-7-9-21-10-8-14)22-12-18-23-19(25-24-18)15-3-5-16(20)6-4-15/h3-10,13,17,22H,11-12H2,1-2H3. The third-order valence-corrected chi connectivity index (χ3v) is 3.88. The average Bonchev–Trinajstić information content (AvgIpc) is 3.08. The zero-order valence-electron chi connectivity index (χ0n) is 14.3. The minimum Gasteiger partial charge on any atom is -0.334 e. The molecule has 6 heteroatoms. The molecule has 0 saturated heterocycles. The van der Waals surface area contributed by atoms with Crippen LogP contribution in [0.15, 0.2) is 53.3 Å². The molecule has 0 aliphatic carbocycles. The number of benzene rings is 1. The lowest BCUT2D eigenvalue weighted by Gasteiger charge is -2.20. The van der Waals surface area contributed by atoms with E-state index in [0.717, 1.165) is 6.42 Å². The lowest BCUT2D eigenvalue weighted by Crippen LogP contribution is -2.23. The molecule has 0 bridgehead atoms. The van der Waals surface area contributed by atoms with Crippen LogP contribution in [0.25, 0.3) is 11.5 Å². The molecular formula is C19H21FN4O. The van der Waals surface area contributed by atoms with E-state index in [1.807, 2.05) is 12.1 Å². The van der Waals surface area contributed by atoms with Crippen molar-refractivity contribution in [2.75, 3.05) is 0 Å². The lowest BCUT2D eigenvalue weighted by atomic mass is 9.98. The molecule has 1 N–H and O–H groups in total. The molecule has 130 valence electrons. The Bertz CT molecular complexity index is 787. The molecule has 1 unspecified atom stereocenters. The summed E-state index contributed by atoms with van der Waals surface area (Å²) in [6.45, 7) is 4.87. The van der Waals surface area contributed by atoms with Crippen LogP contribution >= 0.6 is 0 Å². The SMILES string of the molecule is CC(C)CC(NCc1noc(-c2ccc(F)cc2)n1)c1ccncc1. The number of rotatable bonds is 7. The van der Waals surface area contributed by atoms with Gasteiger partial charge in [-0.15, -0.1) is 0 Å². The van der Waals surface area contributed by atoms with Crippen molar-refractivity contribution in [3.05, 3.63) is 66.0 Å². The van der Waals surface area contributed by atoms with Crippen molar-refractivity contribution >= 4 is 0 Å². The van der Waals surface area contributed by atoms with Crippen LogP contribution in [0.3, 0.4) is 0 Å². The molecule has 5 nitrogen and oxygen atoms in total. The van der Waals surface area contributed by atoms with E-state index in [2.05, 4.69) is 34.3 Å². The quantitative estimate of drug-likeness (QED) is 0.700. The monoisotopic (exact) mass is 340 g/mol. The van der Waals surface area contributed by atoms with Crippen LogP contribution in [-0.4, -0.2) is 15.1 Å². The summed E-state index contributed by atoms with van der Waals surface area (Å²) in [5, 5.41) is 7.49. The number of halogens is 1. The number of hydrogen-bond acceptors (Lipinski definition) is 5. The average molecular weight is 340 g/mol. The van der Waals surface area contributed by atoms with E-state index in [4.69, 9.17) is 4.52 Å². The Morgan fingerprint density at radius 1 is 1.08 bits per heavy atom. The van der Waals surface area contributed by atoms with Gasteiger partial charge in [0.2, 0.25) is 0 Å². The van der Waals surface area contributed by atoms with Gasteiger partial charge in [0.15, 0.2) is 5.82 Å². The van der Waals surface area contributed by atoms with Crippen LogP contribution in [0.4, 0.5) is 4.39 Å². The van der Waals surface area contributed by atoms with Crippen molar-refractivity contribution in [2.45, 2.75) is 32.9 Å². The zero-order chi connectivity index (χ0) is 17.6. The van der Waals surface area contributed by atoms with Gasteiger partial charge in [-0.1, -0.05) is 19.0 Å². The van der Waals surface area contributed by atoms with Crippen molar-refractivity contribution in [3.8, 4) is 11.5 Å². The predicted molar refractivity (Wildman–Crippen MR) is 93.0 cm³/mol. The van der Waals surface area contributed by atoms with Crippen LogP contribution in [0.2, 0.25) is 0 Å². The van der Waals surface area contributed by atoms with Crippen LogP contribution in [0, 0.1) is 11.7 Å². The van der Waals surface area contributed by atoms with Crippen molar-refractivity contribution in [1.82, 2.24) is 20.4 Å². The molecule has 0 aliphatic rings. The highest BCUT2D eigenvalue weighted by Crippen LogP contribution is 2.22. The molecule has 2 aromatic heterocycles. The van der Waals surface area contributed by atoms with E-state index in [-0.39, 0.29) is 11.9 Å². The number of nitrogens with one attached hydrogen (secondary N) is 1. The summed E-state index contributed by atoms with van der Waals surface area (Å²) in [7, 11) is 0. The molecule has 3 rings (SSSR count). The summed E-state index contributed by atoms with van der Waals surface area (Å²) in [6, 6.07) is 10.2. The molecule has 0 fully saturated rings. The minimum absolute atomic E-state index is 0.191. The number of pyridine rings is 1. The van der Waals surface area contributed by atoms with E-state index in [0.29, 0.717) is 29.7 Å². The summed E-state index contributed by atoms with van der Waals surface area (Å²) in [6.07, 6.45) is 4.59. The largest absolute Gasteiger partial charge is 0.334 e. The zero-order valence-corrected chi connectivity index (χ0v) is 14.3. The maximum Gasteiger partial charge on any atom is 0.257 e. The topological polar surface area (TPSA) is 63.8 Å². The highest BCUT2D eigenvalue weighted by atomic mass is 19.1. The molecule has 1 atom stereocenters. The Balaban J connectivity index is 1.68. The summed E-state index contributed by atoms with van der Waals surface area (Å²) < 4.78 is 18.3. The Kier molecular flexibility index (Phi) is 5.50. The van der Waals surface area contributed by atoms with E-state index in [9.17, 15) is 4.39 Å². The van der Waals surface area contributed by atoms with Crippen molar-refractivity contribution in [1.29, 1.82) is 0 Å². The summed E-state index contributed by atoms with van der Waals surface area (Å²) >= 11 is 0. The van der Waals surface area contributed by atoms with Crippen LogP contribution in [0.5, 0.6) is 0 Å². The first-order chi connectivity index (χ1) is 12.1. The fourth-order valence-electron chi connectivity index (χ4n) is 2.65. The van der Waals surface area contributed by atoms with Gasteiger partial charge in [-0.3, -0.25) is 4.98 Å². The van der Waals surface area contributed by atoms with Crippen molar-refractivity contribution in [2.24, 2.45) is 5.92 Å². The number of hydrogen-bond donors (Lipinski definition) is 1. The third kappa shape index (κ3) is 4.70. The highest BCUT2D eigenvalue weighted by molar-refractivity contribution is 5.52. The van der Waals surface area contributed by atoms with Gasteiger partial charge in [-0.05, 0) is 54.3 Å². The van der Waals surface area contributed by atoms with Gasteiger partial charge in [0.25, 0.3) is 5.89 Å². The second-order valence-corrected chi connectivity index (χ2v) is 6.37. The first-order valence-corrected chi connectivity index (χ1v) is 8.33. The molecule has 3 aromatic rings. The molecule has 0 amide bonds. The minimum atomic E-state index is -0.293. The van der Waals surface area contributed by atoms with Crippen molar-refractivity contribution < 1.29 is 8.91 Å². The van der Waals surface area contributed by atoms with Crippen LogP contribution in [0.1, 0.15) is 37.7 Å². The highest BCUT2D eigenvalue weighted by Gasteiger charge is 2.15. The normalized spacial score (nSPS) is 12.5. The van der Waals surface area contributed by atoms with Gasteiger partial charge in [-0.2, -0.15) is 4.98 Å². The molecule has 0 aliphatic heterocycles. The summed E-state index contributed by atoms with van der Waals surface area (Å²) in [5.41, 5.74) is 1.89. The first-order valence-electron chi connectivity index (χ1n) is 8.33. The van der Waals surface area contributed by atoms with Crippen molar-refractivity contribution in [3.63, 3.8) is 0 Å². The number of aromatic nitrogens is 3. The smallest absolute Gasteiger partial charge is 0.257 e. The Labute approximate surface area is 146 Å². The maximum absolute atomic E-state index is 13.0. The molecule has 0 saturated carbocycles. The maximum atomic E-state index is 13.0. The fraction of sp³-hybridized carbons (Fsp3) is 0.316. The third-order valence-electron chi connectivity index (χ3n) is 3.88. The molecular weight excluding hydrogens is 319 g/mol. The summed E-state index contributed by atoms with van der Waals surface area (Å²) in [4.78, 5) is 8.45. The number of nitrogens with zero attached hydrogens (tertiary/aromatic N) is 3. The Morgan fingerprint density at radius 3 is 2.48 bits per heavy atom. The van der Waals surface area contributed by atoms with E-state index < -0.39 is 0 Å². The Morgan fingerprint density at radius 2 is 1.80 bits per heavy atom. The van der Waals surface area contributed by atoms with E-state index in [1.54, 1.807) is 24.5 Å². The molecule has 2 heterocycles. The predicted octanol–water partition coefficient (Wildman–Crippen LogP) is 4.15. The lowest BCUT2D eigenvalue weighted by molar-refractivity contribution is 0.399. The summed E-state index contributed by atoms with van der Waals surface area (Å²) in [5.74, 6) is 1.22. The van der Waals surface area contributed by atoms with Gasteiger partial charge in [-0.25, -0.2) is 4.39 Å². The molecule has 0 radical (unpaired) electrons. The second kappa shape index (κ2) is 7.98. The van der Waals surface area contributed by atoms with Gasteiger partial charge in [0.05, 0.1) is 6.54 Å². The van der Waals surface area contributed by atoms with E-state index >= 15 is 0 Å². The molecule has 25 heavy (non-hydrogen) atoms. The van der Waals surface area contributed by atoms with Gasteiger partial charge >= 0.3 is 0 Å². The van der Waals surface area contributed by atoms with Gasteiger partial charge in [0, 0.05) is 24.0 Å². The van der Waals surface area contributed by atoms with Gasteiger partial charge < -0.3 is 9.84 Å².